The summed E-state index contributed by atoms with van der Waals surface area (Å²) in [6.07, 6.45) is 1.99. The summed E-state index contributed by atoms with van der Waals surface area (Å²) in [6, 6.07) is 7.42. The molecule has 0 spiro atoms. The molecule has 0 radical (unpaired) electrons. The van der Waals surface area contributed by atoms with Crippen LogP contribution in [0.1, 0.15) is 24.8 Å². The predicted octanol–water partition coefficient (Wildman–Crippen LogP) is 1.53. The third kappa shape index (κ3) is 2.82. The van der Waals surface area contributed by atoms with Gasteiger partial charge in [0.05, 0.1) is 17.2 Å². The molecule has 1 aromatic rings. The van der Waals surface area contributed by atoms with Gasteiger partial charge in [0.25, 0.3) is 0 Å². The Kier molecular flexibility index (Phi) is 3.74. The standard InChI is InChI=1S/C14H16N2O4S/c15-7-11-2-1-3-14(11)21(17,18)16-8-10-4-5-12-13(6-10)20-9-19-12/h4-6,11,14,16H,1-3,8-9H2. The number of hydrogen-bond acceptors (Lipinski definition) is 5. The summed E-state index contributed by atoms with van der Waals surface area (Å²) in [5.74, 6) is 0.892. The van der Waals surface area contributed by atoms with Crippen LogP contribution in [0.2, 0.25) is 0 Å². The van der Waals surface area contributed by atoms with Crippen LogP contribution in [0.25, 0.3) is 0 Å². The number of benzene rings is 1. The van der Waals surface area contributed by atoms with Crippen LogP contribution in [0.15, 0.2) is 18.2 Å². The molecular weight excluding hydrogens is 292 g/mol. The monoisotopic (exact) mass is 308 g/mol. The summed E-state index contributed by atoms with van der Waals surface area (Å²) >= 11 is 0. The third-order valence-corrected chi connectivity index (χ3v) is 5.84. The summed E-state index contributed by atoms with van der Waals surface area (Å²) < 4.78 is 37.7. The summed E-state index contributed by atoms with van der Waals surface area (Å²) in [7, 11) is -3.48. The smallest absolute Gasteiger partial charge is 0.231 e. The van der Waals surface area contributed by atoms with Gasteiger partial charge in [-0.2, -0.15) is 5.26 Å². The molecule has 112 valence electrons. The van der Waals surface area contributed by atoms with Crippen molar-refractivity contribution in [2.75, 3.05) is 6.79 Å². The van der Waals surface area contributed by atoms with Gasteiger partial charge in [-0.15, -0.1) is 0 Å². The number of sulfonamides is 1. The van der Waals surface area contributed by atoms with Crippen molar-refractivity contribution in [2.24, 2.45) is 5.92 Å². The van der Waals surface area contributed by atoms with Gasteiger partial charge in [0.2, 0.25) is 16.8 Å². The Bertz CT molecular complexity index is 681. The maximum Gasteiger partial charge on any atom is 0.231 e. The molecule has 1 N–H and O–H groups in total. The molecule has 1 heterocycles. The van der Waals surface area contributed by atoms with Crippen LogP contribution >= 0.6 is 0 Å². The first kappa shape index (κ1) is 14.2. The first-order valence-corrected chi connectivity index (χ1v) is 8.41. The molecule has 0 amide bonds. The predicted molar refractivity (Wildman–Crippen MR) is 75.1 cm³/mol. The van der Waals surface area contributed by atoms with Crippen LogP contribution in [0, 0.1) is 17.2 Å². The largest absolute Gasteiger partial charge is 0.454 e. The number of ether oxygens (including phenoxy) is 2. The first-order chi connectivity index (χ1) is 10.1. The van der Waals surface area contributed by atoms with Crippen molar-refractivity contribution in [3.63, 3.8) is 0 Å². The van der Waals surface area contributed by atoms with E-state index < -0.39 is 21.2 Å². The van der Waals surface area contributed by atoms with Gasteiger partial charge in [0, 0.05) is 6.54 Å². The van der Waals surface area contributed by atoms with E-state index in [2.05, 4.69) is 10.8 Å². The molecule has 0 bridgehead atoms. The quantitative estimate of drug-likeness (QED) is 0.911. The summed E-state index contributed by atoms with van der Waals surface area (Å²) in [4.78, 5) is 0. The van der Waals surface area contributed by atoms with Crippen molar-refractivity contribution in [1.82, 2.24) is 4.72 Å². The van der Waals surface area contributed by atoms with E-state index in [1.807, 2.05) is 0 Å². The number of nitrogens with zero attached hydrogens (tertiary/aromatic N) is 1. The molecule has 1 saturated carbocycles. The molecule has 1 aliphatic heterocycles. The number of nitriles is 1. The van der Waals surface area contributed by atoms with Gasteiger partial charge in [-0.05, 0) is 30.5 Å². The van der Waals surface area contributed by atoms with E-state index in [0.29, 0.717) is 24.3 Å². The van der Waals surface area contributed by atoms with Crippen molar-refractivity contribution < 1.29 is 17.9 Å². The molecule has 2 unspecified atom stereocenters. The highest BCUT2D eigenvalue weighted by Gasteiger charge is 2.37. The van der Waals surface area contributed by atoms with Gasteiger partial charge < -0.3 is 9.47 Å². The lowest BCUT2D eigenvalue weighted by Gasteiger charge is -2.15. The van der Waals surface area contributed by atoms with E-state index in [1.54, 1.807) is 18.2 Å². The minimum Gasteiger partial charge on any atom is -0.454 e. The Hall–Kier alpha value is -1.78. The van der Waals surface area contributed by atoms with Gasteiger partial charge in [-0.25, -0.2) is 13.1 Å². The lowest BCUT2D eigenvalue weighted by atomic mass is 10.1. The topological polar surface area (TPSA) is 88.4 Å². The van der Waals surface area contributed by atoms with Gasteiger partial charge >= 0.3 is 0 Å². The second kappa shape index (κ2) is 5.54. The Morgan fingerprint density at radius 2 is 2.10 bits per heavy atom. The zero-order chi connectivity index (χ0) is 14.9. The van der Waals surface area contributed by atoms with Gasteiger partial charge in [0.1, 0.15) is 0 Å². The fourth-order valence-electron chi connectivity index (χ4n) is 2.79. The Morgan fingerprint density at radius 3 is 2.90 bits per heavy atom. The molecule has 3 rings (SSSR count). The molecule has 2 atom stereocenters. The van der Waals surface area contributed by atoms with E-state index in [9.17, 15) is 8.42 Å². The number of rotatable bonds is 4. The fraction of sp³-hybridized carbons (Fsp3) is 0.500. The lowest BCUT2D eigenvalue weighted by molar-refractivity contribution is 0.174. The normalized spacial score (nSPS) is 24.0. The second-order valence-electron chi connectivity index (χ2n) is 5.26. The van der Waals surface area contributed by atoms with Crippen molar-refractivity contribution in [3.8, 4) is 17.6 Å². The van der Waals surface area contributed by atoms with E-state index in [1.165, 1.54) is 0 Å². The SMILES string of the molecule is N#CC1CCCC1S(=O)(=O)NCc1ccc2c(c1)OCO2. The van der Waals surface area contributed by atoms with Crippen molar-refractivity contribution in [3.05, 3.63) is 23.8 Å². The zero-order valence-corrected chi connectivity index (χ0v) is 12.2. The number of nitrogens with one attached hydrogen (secondary N) is 1. The third-order valence-electron chi connectivity index (χ3n) is 3.93. The van der Waals surface area contributed by atoms with Crippen LogP contribution in [-0.2, 0) is 16.6 Å². The molecule has 2 aliphatic rings. The minimum absolute atomic E-state index is 0.188. The average molecular weight is 308 g/mol. The first-order valence-electron chi connectivity index (χ1n) is 6.87. The van der Waals surface area contributed by atoms with Gasteiger partial charge in [-0.3, -0.25) is 0 Å². The van der Waals surface area contributed by atoms with Crippen LogP contribution in [-0.4, -0.2) is 20.5 Å². The lowest BCUT2D eigenvalue weighted by Crippen LogP contribution is -2.35. The van der Waals surface area contributed by atoms with E-state index in [0.717, 1.165) is 12.0 Å². The summed E-state index contributed by atoms with van der Waals surface area (Å²) in [5.41, 5.74) is 0.800. The Balaban J connectivity index is 1.68. The molecular formula is C14H16N2O4S. The average Bonchev–Trinajstić information content (AvgIpc) is 3.13. The molecule has 6 nitrogen and oxygen atoms in total. The van der Waals surface area contributed by atoms with E-state index in [-0.39, 0.29) is 13.3 Å². The fourth-order valence-corrected chi connectivity index (χ4v) is 4.48. The minimum atomic E-state index is -3.48. The van der Waals surface area contributed by atoms with E-state index in [4.69, 9.17) is 14.7 Å². The van der Waals surface area contributed by atoms with Gasteiger partial charge in [0.15, 0.2) is 11.5 Å². The highest BCUT2D eigenvalue weighted by molar-refractivity contribution is 7.90. The second-order valence-corrected chi connectivity index (χ2v) is 7.24. The maximum atomic E-state index is 12.3. The Morgan fingerprint density at radius 1 is 1.29 bits per heavy atom. The van der Waals surface area contributed by atoms with Crippen LogP contribution in [0.4, 0.5) is 0 Å². The molecule has 1 fully saturated rings. The van der Waals surface area contributed by atoms with Crippen LogP contribution < -0.4 is 14.2 Å². The summed E-state index contributed by atoms with van der Waals surface area (Å²) in [5, 5.41) is 8.42. The molecule has 21 heavy (non-hydrogen) atoms. The number of fused-ring (bicyclic) bond motifs is 1. The van der Waals surface area contributed by atoms with Crippen LogP contribution in [0.5, 0.6) is 11.5 Å². The molecule has 1 aromatic carbocycles. The molecule has 0 aromatic heterocycles. The summed E-state index contributed by atoms with van der Waals surface area (Å²) in [6.45, 7) is 0.379. The van der Waals surface area contributed by atoms with Crippen molar-refractivity contribution >= 4 is 10.0 Å². The Labute approximate surface area is 123 Å². The highest BCUT2D eigenvalue weighted by atomic mass is 32.2. The van der Waals surface area contributed by atoms with Crippen molar-refractivity contribution in [1.29, 1.82) is 5.26 Å². The van der Waals surface area contributed by atoms with E-state index >= 15 is 0 Å². The highest BCUT2D eigenvalue weighted by Crippen LogP contribution is 2.33. The maximum absolute atomic E-state index is 12.3. The molecule has 1 aliphatic carbocycles. The molecule has 0 saturated heterocycles. The molecule has 7 heteroatoms. The van der Waals surface area contributed by atoms with Crippen LogP contribution in [0.3, 0.4) is 0 Å². The van der Waals surface area contributed by atoms with Crippen molar-refractivity contribution in [2.45, 2.75) is 31.1 Å². The number of hydrogen-bond donors (Lipinski definition) is 1. The van der Waals surface area contributed by atoms with Gasteiger partial charge in [-0.1, -0.05) is 12.5 Å². The zero-order valence-electron chi connectivity index (χ0n) is 11.4.